The van der Waals surface area contributed by atoms with E-state index in [1.165, 1.54) is 21.9 Å². The lowest BCUT2D eigenvalue weighted by Crippen LogP contribution is -2.52. The van der Waals surface area contributed by atoms with Crippen LogP contribution >= 0.6 is 0 Å². The first-order valence-electron chi connectivity index (χ1n) is 8.86. The van der Waals surface area contributed by atoms with E-state index in [-0.39, 0.29) is 24.7 Å². The molecule has 1 aliphatic heterocycles. The van der Waals surface area contributed by atoms with Crippen LogP contribution in [0.15, 0.2) is 18.2 Å². The molecule has 0 saturated carbocycles. The first-order valence-corrected chi connectivity index (χ1v) is 8.86. The van der Waals surface area contributed by atoms with Gasteiger partial charge in [-0.2, -0.15) is 0 Å². The van der Waals surface area contributed by atoms with Crippen molar-refractivity contribution in [3.05, 3.63) is 23.8 Å². The maximum absolute atomic E-state index is 12.6. The minimum atomic E-state index is -0.487. The Bertz CT molecular complexity index is 694. The lowest BCUT2D eigenvalue weighted by Gasteiger charge is -2.40. The van der Waals surface area contributed by atoms with Crippen LogP contribution in [-0.2, 0) is 9.47 Å². The number of likely N-dealkylation sites (N-methyl/N-ethyl adjacent to an activating group) is 1. The number of nitrogens with two attached hydrogens (primary N) is 2. The number of methoxy groups -OCH3 is 1. The summed E-state index contributed by atoms with van der Waals surface area (Å²) < 4.78 is 10.3. The van der Waals surface area contributed by atoms with Gasteiger partial charge in [-0.15, -0.1) is 0 Å². The number of ether oxygens (including phenoxy) is 2. The number of carbonyl (C=O) groups is 2. The van der Waals surface area contributed by atoms with Crippen molar-refractivity contribution in [2.75, 3.05) is 37.0 Å². The molecule has 2 atom stereocenters. The van der Waals surface area contributed by atoms with E-state index in [0.29, 0.717) is 17.9 Å². The Morgan fingerprint density at radius 3 is 2.52 bits per heavy atom. The van der Waals surface area contributed by atoms with Gasteiger partial charge in [0.05, 0.1) is 37.2 Å². The van der Waals surface area contributed by atoms with Gasteiger partial charge in [0.1, 0.15) is 0 Å². The Balaban J connectivity index is 2.49. The van der Waals surface area contributed by atoms with E-state index < -0.39 is 12.2 Å². The second kappa shape index (κ2) is 8.55. The summed E-state index contributed by atoms with van der Waals surface area (Å²) in [6, 6.07) is 4.77. The lowest BCUT2D eigenvalue weighted by molar-refractivity contribution is 0.121. The number of carbonyl (C=O) groups excluding carboxylic acids is 2. The Kier molecular flexibility index (Phi) is 6.63. The molecule has 1 aromatic rings. The minimum Gasteiger partial charge on any atom is -0.452 e. The summed E-state index contributed by atoms with van der Waals surface area (Å²) >= 11 is 0. The van der Waals surface area contributed by atoms with Crippen LogP contribution in [0.3, 0.4) is 0 Å². The molecule has 1 heterocycles. The van der Waals surface area contributed by atoms with Gasteiger partial charge < -0.3 is 15.2 Å². The summed E-state index contributed by atoms with van der Waals surface area (Å²) in [6.45, 7) is 6.14. The molecule has 1 aliphatic rings. The van der Waals surface area contributed by atoms with Gasteiger partial charge in [-0.3, -0.25) is 15.6 Å². The molecule has 0 radical (unpaired) electrons. The molecular formula is C18H29N5O4. The molecule has 1 aromatic carbocycles. The summed E-state index contributed by atoms with van der Waals surface area (Å²) in [5.41, 5.74) is 8.14. The summed E-state index contributed by atoms with van der Waals surface area (Å²) in [5, 5.41) is 1.50. The number of amides is 2. The molecule has 9 heteroatoms. The minimum absolute atomic E-state index is 0.258. The largest absolute Gasteiger partial charge is 0.452 e. The van der Waals surface area contributed by atoms with Gasteiger partial charge in [0.25, 0.3) is 0 Å². The van der Waals surface area contributed by atoms with Crippen molar-refractivity contribution >= 4 is 23.6 Å². The Morgan fingerprint density at radius 1 is 1.30 bits per heavy atom. The first kappa shape index (κ1) is 20.9. The topological polar surface area (TPSA) is 114 Å². The van der Waals surface area contributed by atoms with E-state index in [9.17, 15) is 9.59 Å². The fraction of sp³-hybridized carbons (Fsp3) is 0.556. The molecule has 27 heavy (non-hydrogen) atoms. The molecule has 0 saturated heterocycles. The van der Waals surface area contributed by atoms with Crippen molar-refractivity contribution in [3.8, 4) is 0 Å². The van der Waals surface area contributed by atoms with E-state index in [4.69, 9.17) is 21.1 Å². The molecule has 0 aliphatic carbocycles. The maximum atomic E-state index is 12.6. The molecule has 9 nitrogen and oxygen atoms in total. The quantitative estimate of drug-likeness (QED) is 0.606. The van der Waals surface area contributed by atoms with Crippen molar-refractivity contribution < 1.29 is 19.1 Å². The monoisotopic (exact) mass is 379 g/mol. The molecule has 4 N–H and O–H groups in total. The molecule has 1 unspecified atom stereocenters. The van der Waals surface area contributed by atoms with Crippen molar-refractivity contribution in [1.82, 2.24) is 5.01 Å². The maximum Gasteiger partial charge on any atom is 0.414 e. The molecular weight excluding hydrogens is 350 g/mol. The van der Waals surface area contributed by atoms with Crippen molar-refractivity contribution in [3.63, 3.8) is 0 Å². The summed E-state index contributed by atoms with van der Waals surface area (Å²) in [7, 11) is 3.06. The van der Waals surface area contributed by atoms with Gasteiger partial charge in [0.2, 0.25) is 0 Å². The third-order valence-electron chi connectivity index (χ3n) is 4.28. The average molecular weight is 379 g/mol. The number of benzene rings is 1. The number of fused-ring (bicyclic) bond motifs is 1. The first-order chi connectivity index (χ1) is 12.6. The summed E-state index contributed by atoms with van der Waals surface area (Å²) in [4.78, 5) is 28.0. The van der Waals surface area contributed by atoms with Gasteiger partial charge in [-0.25, -0.2) is 14.6 Å². The standard InChI is InChI=1S/C18H29N5O4/c1-11(2)27-17(24)22-9-12(3)23(18(25)26-5)15-7-6-13(8-16(15)22)14(19)10-21(4)20/h6-8,11-12,14H,9-10,19-20H2,1-5H3/t12-,14?/m0/s1. The molecule has 0 aromatic heterocycles. The van der Waals surface area contributed by atoms with E-state index in [1.807, 2.05) is 13.0 Å². The molecule has 0 fully saturated rings. The van der Waals surface area contributed by atoms with Crippen molar-refractivity contribution in [1.29, 1.82) is 0 Å². The van der Waals surface area contributed by atoms with Crippen LogP contribution in [0.2, 0.25) is 0 Å². The number of hydrazine groups is 1. The van der Waals surface area contributed by atoms with Crippen molar-refractivity contribution in [2.24, 2.45) is 11.6 Å². The average Bonchev–Trinajstić information content (AvgIpc) is 2.58. The van der Waals surface area contributed by atoms with Gasteiger partial charge in [0.15, 0.2) is 0 Å². The zero-order valence-corrected chi connectivity index (χ0v) is 16.5. The van der Waals surface area contributed by atoms with E-state index in [2.05, 4.69) is 0 Å². The normalized spacial score (nSPS) is 17.7. The Morgan fingerprint density at radius 2 is 1.96 bits per heavy atom. The lowest BCUT2D eigenvalue weighted by atomic mass is 10.0. The van der Waals surface area contributed by atoms with Gasteiger partial charge in [-0.1, -0.05) is 6.07 Å². The second-order valence-corrected chi connectivity index (χ2v) is 7.03. The number of nitrogens with zero attached hydrogens (tertiary/aromatic N) is 3. The molecule has 0 bridgehead atoms. The Hall–Kier alpha value is -2.36. The number of hydrogen-bond donors (Lipinski definition) is 2. The SMILES string of the molecule is COC(=O)N1c2ccc(C(N)CN(C)N)cc2N(C(=O)OC(C)C)C[C@@H]1C. The highest BCUT2D eigenvalue weighted by molar-refractivity contribution is 6.00. The van der Waals surface area contributed by atoms with E-state index >= 15 is 0 Å². The zero-order valence-electron chi connectivity index (χ0n) is 16.5. The van der Waals surface area contributed by atoms with Crippen LogP contribution in [0.4, 0.5) is 21.0 Å². The molecule has 0 spiro atoms. The highest BCUT2D eigenvalue weighted by atomic mass is 16.6. The third-order valence-corrected chi connectivity index (χ3v) is 4.28. The zero-order chi connectivity index (χ0) is 20.3. The Labute approximate surface area is 159 Å². The van der Waals surface area contributed by atoms with Crippen LogP contribution in [-0.4, -0.2) is 56.6 Å². The van der Waals surface area contributed by atoms with Gasteiger partial charge in [0, 0.05) is 19.6 Å². The van der Waals surface area contributed by atoms with E-state index in [0.717, 1.165) is 5.56 Å². The number of rotatable bonds is 4. The fourth-order valence-electron chi connectivity index (χ4n) is 3.10. The second-order valence-electron chi connectivity index (χ2n) is 7.03. The van der Waals surface area contributed by atoms with Gasteiger partial charge >= 0.3 is 12.2 Å². The van der Waals surface area contributed by atoms with Gasteiger partial charge in [-0.05, 0) is 38.5 Å². The van der Waals surface area contributed by atoms with Crippen molar-refractivity contribution in [2.45, 2.75) is 39.0 Å². The number of hydrogen-bond acceptors (Lipinski definition) is 7. The molecule has 2 rings (SSSR count). The molecule has 150 valence electrons. The predicted octanol–water partition coefficient (Wildman–Crippen LogP) is 1.82. The predicted molar refractivity (Wildman–Crippen MR) is 103 cm³/mol. The highest BCUT2D eigenvalue weighted by Crippen LogP contribution is 2.38. The van der Waals surface area contributed by atoms with Crippen LogP contribution in [0.5, 0.6) is 0 Å². The highest BCUT2D eigenvalue weighted by Gasteiger charge is 2.36. The molecule has 2 amide bonds. The van der Waals surface area contributed by atoms with Crippen LogP contribution in [0.1, 0.15) is 32.4 Å². The van der Waals surface area contributed by atoms with Crippen LogP contribution in [0, 0.1) is 0 Å². The smallest absolute Gasteiger partial charge is 0.414 e. The van der Waals surface area contributed by atoms with Crippen LogP contribution < -0.4 is 21.4 Å². The fourth-order valence-corrected chi connectivity index (χ4v) is 3.10. The summed E-state index contributed by atoms with van der Waals surface area (Å²) in [5.74, 6) is 5.70. The van der Waals surface area contributed by atoms with E-state index in [1.54, 1.807) is 33.0 Å². The third kappa shape index (κ3) is 4.68. The van der Waals surface area contributed by atoms with Crippen LogP contribution in [0.25, 0.3) is 0 Å². The summed E-state index contributed by atoms with van der Waals surface area (Å²) in [6.07, 6.45) is -1.21. The number of anilines is 2.